The number of nitrogens with zero attached hydrogens (tertiary/aromatic N) is 2. The second-order valence-electron chi connectivity index (χ2n) is 11.2. The third-order valence-corrected chi connectivity index (χ3v) is 10.1. The Balaban J connectivity index is 1.82. The number of hydrogen-bond acceptors (Lipinski definition) is 4. The molecule has 0 saturated carbocycles. The molecule has 46 heavy (non-hydrogen) atoms. The van der Waals surface area contributed by atoms with Gasteiger partial charge in [0.1, 0.15) is 12.6 Å². The van der Waals surface area contributed by atoms with Crippen molar-refractivity contribution in [3.05, 3.63) is 129 Å². The number of amides is 2. The number of hydrogen-bond donors (Lipinski definition) is 1. The van der Waals surface area contributed by atoms with Crippen LogP contribution in [0.5, 0.6) is 0 Å². The summed E-state index contributed by atoms with van der Waals surface area (Å²) in [7, 11) is -4.19. The molecule has 10 heteroatoms. The molecule has 4 rings (SSSR count). The summed E-state index contributed by atoms with van der Waals surface area (Å²) < 4.78 is 29.6. The first-order valence-corrected chi connectivity index (χ1v) is 17.4. The van der Waals surface area contributed by atoms with Gasteiger partial charge in [0.2, 0.25) is 11.8 Å². The Bertz CT molecular complexity index is 1750. The van der Waals surface area contributed by atoms with Crippen molar-refractivity contribution in [2.24, 2.45) is 0 Å². The van der Waals surface area contributed by atoms with Crippen LogP contribution in [0.3, 0.4) is 0 Å². The Kier molecular flexibility index (Phi) is 12.3. The number of para-hydroxylation sites is 1. The van der Waals surface area contributed by atoms with Crippen molar-refractivity contribution in [3.8, 4) is 0 Å². The van der Waals surface area contributed by atoms with Gasteiger partial charge in [-0.1, -0.05) is 109 Å². The van der Waals surface area contributed by atoms with Gasteiger partial charge in [0.25, 0.3) is 10.0 Å². The molecule has 4 aromatic carbocycles. The van der Waals surface area contributed by atoms with Crippen molar-refractivity contribution in [2.45, 2.75) is 57.5 Å². The maximum absolute atomic E-state index is 14.6. The van der Waals surface area contributed by atoms with Gasteiger partial charge in [-0.15, -0.1) is 0 Å². The van der Waals surface area contributed by atoms with Crippen LogP contribution in [0, 0.1) is 13.8 Å². The van der Waals surface area contributed by atoms with E-state index in [0.717, 1.165) is 28.3 Å². The Morgan fingerprint density at radius 2 is 1.54 bits per heavy atom. The van der Waals surface area contributed by atoms with Crippen LogP contribution in [0.4, 0.5) is 5.69 Å². The normalized spacial score (nSPS) is 11.9. The molecule has 0 spiro atoms. The summed E-state index contributed by atoms with van der Waals surface area (Å²) in [5.74, 6) is -0.892. The highest BCUT2D eigenvalue weighted by Crippen LogP contribution is 2.29. The summed E-state index contributed by atoms with van der Waals surface area (Å²) in [5, 5.41) is 3.75. The van der Waals surface area contributed by atoms with Crippen LogP contribution >= 0.6 is 23.2 Å². The Hall–Kier alpha value is -3.85. The van der Waals surface area contributed by atoms with Gasteiger partial charge < -0.3 is 10.2 Å². The van der Waals surface area contributed by atoms with Gasteiger partial charge >= 0.3 is 0 Å². The van der Waals surface area contributed by atoms with Crippen molar-refractivity contribution in [1.29, 1.82) is 0 Å². The minimum absolute atomic E-state index is 0.0419. The van der Waals surface area contributed by atoms with Crippen molar-refractivity contribution in [3.63, 3.8) is 0 Å². The molecule has 0 aliphatic rings. The molecular weight excluding hydrogens is 641 g/mol. The number of anilines is 1. The molecule has 0 aliphatic heterocycles. The standard InChI is InChI=1S/C36H39Cl2N3O4S/c1-4-5-21-39-36(43)34(22-28-12-7-6-8-13-28)40(24-29-17-18-30(37)23-32(29)38)35(42)25-41(33-14-10-9-11-27(33)3)46(44,45)31-19-15-26(2)16-20-31/h6-20,23,34H,4-5,21-22,24-25H2,1-3H3,(H,39,43)/t34-/m0/s1. The summed E-state index contributed by atoms with van der Waals surface area (Å²) in [5.41, 5.74) is 3.37. The zero-order chi connectivity index (χ0) is 33.3. The molecule has 1 atom stereocenters. The summed E-state index contributed by atoms with van der Waals surface area (Å²) in [4.78, 5) is 29.9. The number of halogens is 2. The van der Waals surface area contributed by atoms with E-state index in [1.807, 2.05) is 50.2 Å². The molecule has 0 heterocycles. The molecule has 0 fully saturated rings. The van der Waals surface area contributed by atoms with Crippen molar-refractivity contribution >= 4 is 50.7 Å². The molecule has 0 bridgehead atoms. The highest BCUT2D eigenvalue weighted by atomic mass is 35.5. The molecule has 242 valence electrons. The van der Waals surface area contributed by atoms with Crippen LogP contribution in [-0.4, -0.2) is 44.3 Å². The predicted molar refractivity (Wildman–Crippen MR) is 186 cm³/mol. The van der Waals surface area contributed by atoms with E-state index in [4.69, 9.17) is 23.2 Å². The van der Waals surface area contributed by atoms with Gasteiger partial charge in [-0.3, -0.25) is 13.9 Å². The number of carbonyl (C=O) groups excluding carboxylic acids is 2. The maximum atomic E-state index is 14.6. The highest BCUT2D eigenvalue weighted by Gasteiger charge is 2.35. The fraction of sp³-hybridized carbons (Fsp3) is 0.278. The van der Waals surface area contributed by atoms with E-state index >= 15 is 0 Å². The van der Waals surface area contributed by atoms with Crippen molar-refractivity contribution in [1.82, 2.24) is 10.2 Å². The first kappa shape index (κ1) is 35.0. The van der Waals surface area contributed by atoms with E-state index in [1.165, 1.54) is 17.0 Å². The number of benzene rings is 4. The van der Waals surface area contributed by atoms with Gasteiger partial charge in [-0.05, 0) is 67.3 Å². The summed E-state index contributed by atoms with van der Waals surface area (Å²) in [6.07, 6.45) is 1.87. The molecule has 1 N–H and O–H groups in total. The molecule has 0 radical (unpaired) electrons. The lowest BCUT2D eigenvalue weighted by molar-refractivity contribution is -0.140. The number of aryl methyl sites for hydroxylation is 2. The van der Waals surface area contributed by atoms with E-state index in [1.54, 1.807) is 55.5 Å². The van der Waals surface area contributed by atoms with E-state index in [0.29, 0.717) is 33.4 Å². The average Bonchev–Trinajstić information content (AvgIpc) is 3.03. The topological polar surface area (TPSA) is 86.8 Å². The number of sulfonamides is 1. The molecule has 2 amide bonds. The third-order valence-electron chi connectivity index (χ3n) is 7.73. The maximum Gasteiger partial charge on any atom is 0.264 e. The number of nitrogens with one attached hydrogen (secondary N) is 1. The van der Waals surface area contributed by atoms with E-state index in [2.05, 4.69) is 5.32 Å². The van der Waals surface area contributed by atoms with Gasteiger partial charge in [0.15, 0.2) is 0 Å². The fourth-order valence-electron chi connectivity index (χ4n) is 5.09. The molecule has 7 nitrogen and oxygen atoms in total. The minimum atomic E-state index is -4.19. The van der Waals surface area contributed by atoms with Gasteiger partial charge in [-0.2, -0.15) is 0 Å². The quantitative estimate of drug-likeness (QED) is 0.141. The predicted octanol–water partition coefficient (Wildman–Crippen LogP) is 7.36. The first-order chi connectivity index (χ1) is 22.0. The van der Waals surface area contributed by atoms with E-state index in [9.17, 15) is 18.0 Å². The highest BCUT2D eigenvalue weighted by molar-refractivity contribution is 7.92. The van der Waals surface area contributed by atoms with Gasteiger partial charge in [0.05, 0.1) is 10.6 Å². The SMILES string of the molecule is CCCCNC(=O)[C@H](Cc1ccccc1)N(Cc1ccc(Cl)cc1Cl)C(=O)CN(c1ccccc1C)S(=O)(=O)c1ccc(C)cc1. The van der Waals surface area contributed by atoms with Crippen LogP contribution in [0.25, 0.3) is 0 Å². The average molecular weight is 681 g/mol. The summed E-state index contributed by atoms with van der Waals surface area (Å²) in [6.45, 7) is 5.56. The lowest BCUT2D eigenvalue weighted by atomic mass is 10.0. The van der Waals surface area contributed by atoms with Crippen LogP contribution in [0.2, 0.25) is 10.0 Å². The van der Waals surface area contributed by atoms with Crippen LogP contribution in [0.15, 0.2) is 102 Å². The molecular formula is C36H39Cl2N3O4S. The van der Waals surface area contributed by atoms with Crippen molar-refractivity contribution < 1.29 is 18.0 Å². The van der Waals surface area contributed by atoms with Crippen LogP contribution in [-0.2, 0) is 32.6 Å². The van der Waals surface area contributed by atoms with E-state index < -0.39 is 28.5 Å². The zero-order valence-electron chi connectivity index (χ0n) is 26.2. The minimum Gasteiger partial charge on any atom is -0.354 e. The monoisotopic (exact) mass is 679 g/mol. The molecule has 0 unspecified atom stereocenters. The third kappa shape index (κ3) is 8.90. The van der Waals surface area contributed by atoms with Crippen molar-refractivity contribution in [2.75, 3.05) is 17.4 Å². The van der Waals surface area contributed by atoms with Crippen LogP contribution in [0.1, 0.15) is 42.0 Å². The lowest BCUT2D eigenvalue weighted by Crippen LogP contribution is -2.53. The second-order valence-corrected chi connectivity index (χ2v) is 13.9. The summed E-state index contributed by atoms with van der Waals surface area (Å²) >= 11 is 12.8. The largest absolute Gasteiger partial charge is 0.354 e. The molecule has 0 aliphatic carbocycles. The van der Waals surface area contributed by atoms with Gasteiger partial charge in [-0.25, -0.2) is 8.42 Å². The smallest absolute Gasteiger partial charge is 0.264 e. The van der Waals surface area contributed by atoms with E-state index in [-0.39, 0.29) is 23.8 Å². The van der Waals surface area contributed by atoms with Gasteiger partial charge in [0, 0.05) is 29.6 Å². The Morgan fingerprint density at radius 1 is 0.870 bits per heavy atom. The molecule has 0 aromatic heterocycles. The molecule has 0 saturated heterocycles. The zero-order valence-corrected chi connectivity index (χ0v) is 28.6. The summed E-state index contributed by atoms with van der Waals surface area (Å²) in [6, 6.07) is 26.9. The number of carbonyl (C=O) groups is 2. The Labute approximate surface area is 282 Å². The van der Waals surface area contributed by atoms with Crippen LogP contribution < -0.4 is 9.62 Å². The Morgan fingerprint density at radius 3 is 2.20 bits per heavy atom. The first-order valence-electron chi connectivity index (χ1n) is 15.2. The lowest BCUT2D eigenvalue weighted by Gasteiger charge is -2.34. The molecule has 4 aromatic rings. The second kappa shape index (κ2) is 16.1. The number of rotatable bonds is 14. The number of unbranched alkanes of at least 4 members (excludes halogenated alkanes) is 1. The fourth-order valence-corrected chi connectivity index (χ4v) is 7.03.